The number of ether oxygens (including phenoxy) is 1. The minimum Gasteiger partial charge on any atom is -0.550 e. The summed E-state index contributed by atoms with van der Waals surface area (Å²) < 4.78 is 4.97. The summed E-state index contributed by atoms with van der Waals surface area (Å²) in [6.45, 7) is 0. The molecule has 1 aromatic rings. The van der Waals surface area contributed by atoms with Crippen LogP contribution in [0, 0.1) is 0 Å². The Kier molecular flexibility index (Phi) is 6.22. The summed E-state index contributed by atoms with van der Waals surface area (Å²) in [7, 11) is 1.38. The number of thioether (sulfide) groups is 1. The standard InChI is InChI=1S/C16H15NO7S2/c1-24-11-6-8(2-4-10(11)18)7-12-14(21)17(16(25)26-12)9(15(22)23)3-5-13(19)20/h2,4,6-7,9,18H,3,5H2,1H3,(H,19,20)(H,22,23)/p-2. The van der Waals surface area contributed by atoms with Gasteiger partial charge in [-0.15, -0.1) is 0 Å². The zero-order chi connectivity index (χ0) is 19.4. The molecule has 0 spiro atoms. The van der Waals surface area contributed by atoms with Crippen molar-refractivity contribution in [3.05, 3.63) is 28.7 Å². The molecule has 2 rings (SSSR count). The minimum atomic E-state index is -1.60. The third-order valence-corrected chi connectivity index (χ3v) is 4.86. The van der Waals surface area contributed by atoms with Crippen molar-refractivity contribution in [2.24, 2.45) is 0 Å². The number of hydrogen-bond donors (Lipinski definition) is 1. The molecule has 0 aliphatic carbocycles. The van der Waals surface area contributed by atoms with Gasteiger partial charge in [0.1, 0.15) is 4.32 Å². The summed E-state index contributed by atoms with van der Waals surface area (Å²) in [5, 5.41) is 31.5. The van der Waals surface area contributed by atoms with E-state index in [9.17, 15) is 29.7 Å². The van der Waals surface area contributed by atoms with E-state index in [0.29, 0.717) is 5.56 Å². The number of thiocarbonyl (C=S) groups is 1. The molecule has 138 valence electrons. The van der Waals surface area contributed by atoms with E-state index >= 15 is 0 Å². The van der Waals surface area contributed by atoms with Crippen molar-refractivity contribution in [3.8, 4) is 11.5 Å². The maximum absolute atomic E-state index is 12.5. The third-order valence-electron chi connectivity index (χ3n) is 3.53. The van der Waals surface area contributed by atoms with Crippen LogP contribution in [-0.2, 0) is 14.4 Å². The van der Waals surface area contributed by atoms with Crippen LogP contribution in [0.1, 0.15) is 18.4 Å². The summed E-state index contributed by atoms with van der Waals surface area (Å²) in [6, 6.07) is 2.92. The zero-order valence-electron chi connectivity index (χ0n) is 13.5. The van der Waals surface area contributed by atoms with Crippen LogP contribution in [0.4, 0.5) is 0 Å². The smallest absolute Gasteiger partial charge is 0.266 e. The molecular formula is C16H13NO7S2-2. The molecule has 0 aromatic heterocycles. The molecule has 0 bridgehead atoms. The molecule has 1 heterocycles. The number of benzene rings is 1. The van der Waals surface area contributed by atoms with Gasteiger partial charge in [-0.05, 0) is 36.6 Å². The predicted molar refractivity (Wildman–Crippen MR) is 92.7 cm³/mol. The van der Waals surface area contributed by atoms with E-state index in [1.807, 2.05) is 0 Å². The molecule has 26 heavy (non-hydrogen) atoms. The number of carbonyl (C=O) groups excluding carboxylic acids is 3. The maximum atomic E-state index is 12.5. The van der Waals surface area contributed by atoms with Crippen LogP contribution in [0.25, 0.3) is 6.08 Å². The lowest BCUT2D eigenvalue weighted by Gasteiger charge is -2.27. The van der Waals surface area contributed by atoms with E-state index in [-0.39, 0.29) is 27.1 Å². The number of aliphatic carboxylic acids is 2. The maximum Gasteiger partial charge on any atom is 0.266 e. The fraction of sp³-hybridized carbons (Fsp3) is 0.250. The topological polar surface area (TPSA) is 130 Å². The van der Waals surface area contributed by atoms with Gasteiger partial charge in [-0.2, -0.15) is 0 Å². The van der Waals surface area contributed by atoms with E-state index < -0.39 is 30.3 Å². The Morgan fingerprint density at radius 2 is 2.12 bits per heavy atom. The molecule has 1 unspecified atom stereocenters. The molecular weight excluding hydrogens is 382 g/mol. The monoisotopic (exact) mass is 395 g/mol. The molecule has 1 saturated heterocycles. The van der Waals surface area contributed by atoms with E-state index in [1.165, 1.54) is 31.4 Å². The minimum absolute atomic E-state index is 0.0143. The van der Waals surface area contributed by atoms with Crippen molar-refractivity contribution in [2.75, 3.05) is 7.11 Å². The molecule has 8 nitrogen and oxygen atoms in total. The van der Waals surface area contributed by atoms with Gasteiger partial charge in [0, 0.05) is 5.97 Å². The highest BCUT2D eigenvalue weighted by atomic mass is 32.2. The molecule has 1 N–H and O–H groups in total. The van der Waals surface area contributed by atoms with Crippen molar-refractivity contribution in [1.29, 1.82) is 0 Å². The Balaban J connectivity index is 2.29. The van der Waals surface area contributed by atoms with Crippen LogP contribution in [-0.4, -0.2) is 45.3 Å². The van der Waals surface area contributed by atoms with Crippen molar-refractivity contribution in [1.82, 2.24) is 4.90 Å². The third kappa shape index (κ3) is 4.33. The van der Waals surface area contributed by atoms with E-state index in [0.717, 1.165) is 16.7 Å². The Morgan fingerprint density at radius 1 is 1.42 bits per heavy atom. The first-order chi connectivity index (χ1) is 12.2. The molecule has 1 fully saturated rings. The summed E-state index contributed by atoms with van der Waals surface area (Å²) in [6.07, 6.45) is 0.535. The summed E-state index contributed by atoms with van der Waals surface area (Å²) >= 11 is 5.95. The van der Waals surface area contributed by atoms with Crippen LogP contribution in [0.5, 0.6) is 11.5 Å². The Labute approximate surface area is 158 Å². The average Bonchev–Trinajstić information content (AvgIpc) is 2.84. The second kappa shape index (κ2) is 8.19. The molecule has 1 aliphatic rings. The van der Waals surface area contributed by atoms with Crippen molar-refractivity contribution in [2.45, 2.75) is 18.9 Å². The fourth-order valence-electron chi connectivity index (χ4n) is 2.29. The number of carboxylic acid groups (broad SMARTS) is 2. The lowest BCUT2D eigenvalue weighted by molar-refractivity contribution is -0.311. The lowest BCUT2D eigenvalue weighted by Crippen LogP contribution is -2.50. The summed E-state index contributed by atoms with van der Waals surface area (Å²) in [4.78, 5) is 35.5. The van der Waals surface area contributed by atoms with Crippen LogP contribution in [0.3, 0.4) is 0 Å². The number of carboxylic acids is 2. The second-order valence-corrected chi connectivity index (χ2v) is 6.90. The number of nitrogens with zero attached hydrogens (tertiary/aromatic N) is 1. The SMILES string of the molecule is COc1cc(C=C2SC(=S)N(C(CCC(=O)[O-])C(=O)[O-])C2=O)ccc1O. The first-order valence-electron chi connectivity index (χ1n) is 7.29. The number of methoxy groups -OCH3 is 1. The van der Waals surface area contributed by atoms with Crippen molar-refractivity contribution in [3.63, 3.8) is 0 Å². The number of phenols is 1. The summed E-state index contributed by atoms with van der Waals surface area (Å²) in [5.41, 5.74) is 0.528. The van der Waals surface area contributed by atoms with Crippen LogP contribution in [0.15, 0.2) is 23.1 Å². The highest BCUT2D eigenvalue weighted by molar-refractivity contribution is 8.26. The molecule has 0 saturated carbocycles. The van der Waals surface area contributed by atoms with Crippen LogP contribution < -0.4 is 14.9 Å². The first kappa shape index (κ1) is 19.7. The van der Waals surface area contributed by atoms with Gasteiger partial charge in [0.25, 0.3) is 5.91 Å². The molecule has 1 atom stereocenters. The van der Waals surface area contributed by atoms with Gasteiger partial charge >= 0.3 is 0 Å². The van der Waals surface area contributed by atoms with Crippen molar-refractivity contribution < 1.29 is 34.4 Å². The molecule has 1 aromatic carbocycles. The fourth-order valence-corrected chi connectivity index (χ4v) is 3.65. The Bertz CT molecular complexity index is 806. The van der Waals surface area contributed by atoms with Crippen molar-refractivity contribution >= 4 is 52.2 Å². The molecule has 1 aliphatic heterocycles. The highest BCUT2D eigenvalue weighted by Gasteiger charge is 2.37. The van der Waals surface area contributed by atoms with Gasteiger partial charge in [0.2, 0.25) is 0 Å². The van der Waals surface area contributed by atoms with Gasteiger partial charge in [-0.25, -0.2) is 0 Å². The number of phenolic OH excluding ortho intramolecular Hbond substituents is 1. The van der Waals surface area contributed by atoms with E-state index in [2.05, 4.69) is 0 Å². The Morgan fingerprint density at radius 3 is 2.69 bits per heavy atom. The molecule has 10 heteroatoms. The number of rotatable bonds is 7. The van der Waals surface area contributed by atoms with Gasteiger partial charge in [-0.3, -0.25) is 9.69 Å². The lowest BCUT2D eigenvalue weighted by atomic mass is 10.1. The highest BCUT2D eigenvalue weighted by Crippen LogP contribution is 2.36. The zero-order valence-corrected chi connectivity index (χ0v) is 15.1. The predicted octanol–water partition coefficient (Wildman–Crippen LogP) is -0.749. The van der Waals surface area contributed by atoms with Gasteiger partial charge in [0.15, 0.2) is 11.5 Å². The van der Waals surface area contributed by atoms with E-state index in [1.54, 1.807) is 0 Å². The first-order valence-corrected chi connectivity index (χ1v) is 8.51. The number of hydrogen-bond acceptors (Lipinski definition) is 9. The molecule has 1 amide bonds. The van der Waals surface area contributed by atoms with Gasteiger partial charge in [0.05, 0.1) is 24.0 Å². The number of amides is 1. The summed E-state index contributed by atoms with van der Waals surface area (Å²) in [5.74, 6) is -3.57. The number of carbonyl (C=O) groups is 3. The Hall–Kier alpha value is -2.59. The molecule has 0 radical (unpaired) electrons. The number of aromatic hydroxyl groups is 1. The quantitative estimate of drug-likeness (QED) is 0.468. The largest absolute Gasteiger partial charge is 0.550 e. The van der Waals surface area contributed by atoms with Gasteiger partial charge in [-0.1, -0.05) is 30.0 Å². The average molecular weight is 395 g/mol. The van der Waals surface area contributed by atoms with E-state index in [4.69, 9.17) is 17.0 Å². The van der Waals surface area contributed by atoms with Crippen LogP contribution >= 0.6 is 24.0 Å². The van der Waals surface area contributed by atoms with Gasteiger partial charge < -0.3 is 29.6 Å². The van der Waals surface area contributed by atoms with Crippen LogP contribution in [0.2, 0.25) is 0 Å². The normalized spacial score (nSPS) is 16.8. The second-order valence-electron chi connectivity index (χ2n) is 5.23.